The minimum atomic E-state index is -1.34. The van der Waals surface area contributed by atoms with Crippen LogP contribution in [0.25, 0.3) is 0 Å². The molecule has 0 aromatic carbocycles. The summed E-state index contributed by atoms with van der Waals surface area (Å²) in [4.78, 5) is 13.2. The Hall–Kier alpha value is -0.570. The molecule has 3 rings (SSSR count). The van der Waals surface area contributed by atoms with Crippen molar-refractivity contribution in [1.29, 1.82) is 0 Å². The highest BCUT2D eigenvalue weighted by molar-refractivity contribution is 5.80. The Labute approximate surface area is 173 Å². The molecule has 0 amide bonds. The topological polar surface area (TPSA) is 46.5 Å². The highest BCUT2D eigenvalue weighted by atomic mass is 16.5. The number of esters is 1. The van der Waals surface area contributed by atoms with Crippen LogP contribution < -0.4 is 0 Å². The molecule has 0 heterocycles. The van der Waals surface area contributed by atoms with Crippen molar-refractivity contribution in [2.75, 3.05) is 6.61 Å². The van der Waals surface area contributed by atoms with E-state index < -0.39 is 5.60 Å². The first-order valence-electron chi connectivity index (χ1n) is 11.8. The van der Waals surface area contributed by atoms with Gasteiger partial charge in [-0.25, -0.2) is 4.79 Å². The quantitative estimate of drug-likeness (QED) is 0.614. The molecule has 0 spiro atoms. The third-order valence-electron chi connectivity index (χ3n) is 9.48. The van der Waals surface area contributed by atoms with Crippen LogP contribution in [0.2, 0.25) is 0 Å². The van der Waals surface area contributed by atoms with Gasteiger partial charge in [-0.15, -0.1) is 0 Å². The second-order valence-corrected chi connectivity index (χ2v) is 11.8. The van der Waals surface area contributed by atoms with Crippen LogP contribution >= 0.6 is 0 Å². The van der Waals surface area contributed by atoms with E-state index in [4.69, 9.17) is 4.74 Å². The maximum atomic E-state index is 13.2. The van der Waals surface area contributed by atoms with Crippen LogP contribution in [0.1, 0.15) is 93.4 Å². The zero-order chi connectivity index (χ0) is 20.9. The zero-order valence-electron chi connectivity index (χ0n) is 19.4. The van der Waals surface area contributed by atoms with Gasteiger partial charge in [0.15, 0.2) is 5.60 Å². The van der Waals surface area contributed by atoms with Crippen LogP contribution in [-0.2, 0) is 9.53 Å². The van der Waals surface area contributed by atoms with Crippen molar-refractivity contribution in [3.63, 3.8) is 0 Å². The summed E-state index contributed by atoms with van der Waals surface area (Å²) in [6.07, 6.45) is 7.28. The number of hydrogen-bond acceptors (Lipinski definition) is 3. The molecular weight excluding hydrogens is 348 g/mol. The van der Waals surface area contributed by atoms with Crippen LogP contribution in [0.5, 0.6) is 0 Å². The summed E-state index contributed by atoms with van der Waals surface area (Å²) < 4.78 is 5.63. The number of carbonyl (C=O) groups excluding carboxylic acids is 1. The lowest BCUT2D eigenvalue weighted by molar-refractivity contribution is -0.211. The highest BCUT2D eigenvalue weighted by Crippen LogP contribution is 2.62. The molecule has 3 heteroatoms. The van der Waals surface area contributed by atoms with Gasteiger partial charge in [0.05, 0.1) is 6.61 Å². The number of hydrogen-bond donors (Lipinski definition) is 1. The van der Waals surface area contributed by atoms with E-state index >= 15 is 0 Å². The highest BCUT2D eigenvalue weighted by Gasteiger charge is 2.62. The van der Waals surface area contributed by atoms with Crippen molar-refractivity contribution in [3.8, 4) is 0 Å². The van der Waals surface area contributed by atoms with E-state index in [-0.39, 0.29) is 17.3 Å². The van der Waals surface area contributed by atoms with Gasteiger partial charge in [-0.05, 0) is 79.4 Å². The van der Waals surface area contributed by atoms with E-state index in [2.05, 4.69) is 34.6 Å². The van der Waals surface area contributed by atoms with Crippen LogP contribution in [-0.4, -0.2) is 23.3 Å². The molecule has 1 unspecified atom stereocenters. The van der Waals surface area contributed by atoms with E-state index in [0.29, 0.717) is 42.1 Å². The van der Waals surface area contributed by atoms with Crippen molar-refractivity contribution < 1.29 is 14.6 Å². The molecule has 3 aliphatic carbocycles. The summed E-state index contributed by atoms with van der Waals surface area (Å²) >= 11 is 0. The molecule has 0 saturated heterocycles. The minimum Gasteiger partial charge on any atom is -0.463 e. The van der Waals surface area contributed by atoms with E-state index in [1.165, 1.54) is 12.8 Å². The Balaban J connectivity index is 1.95. The summed E-state index contributed by atoms with van der Waals surface area (Å²) in [5, 5.41) is 11.8. The molecule has 0 aromatic rings. The minimum absolute atomic E-state index is 0.289. The Morgan fingerprint density at radius 3 is 2.29 bits per heavy atom. The molecule has 162 valence electrons. The first-order chi connectivity index (χ1) is 12.9. The summed E-state index contributed by atoms with van der Waals surface area (Å²) in [7, 11) is 0. The van der Waals surface area contributed by atoms with Gasteiger partial charge in [-0.1, -0.05) is 54.9 Å². The molecule has 3 nitrogen and oxygen atoms in total. The molecule has 2 bridgehead atoms. The molecule has 0 aromatic heterocycles. The average Bonchev–Trinajstić information content (AvgIpc) is 2.60. The molecule has 0 aliphatic heterocycles. The van der Waals surface area contributed by atoms with Crippen molar-refractivity contribution in [1.82, 2.24) is 0 Å². The van der Waals surface area contributed by atoms with E-state index in [9.17, 15) is 9.90 Å². The zero-order valence-corrected chi connectivity index (χ0v) is 19.4. The first kappa shape index (κ1) is 22.1. The Kier molecular flexibility index (Phi) is 6.00. The average molecular weight is 393 g/mol. The van der Waals surface area contributed by atoms with Crippen LogP contribution in [0.15, 0.2) is 0 Å². The van der Waals surface area contributed by atoms with Crippen molar-refractivity contribution in [2.24, 2.45) is 46.3 Å². The number of rotatable bonds is 3. The van der Waals surface area contributed by atoms with Gasteiger partial charge in [0, 0.05) is 5.41 Å². The molecule has 3 fully saturated rings. The summed E-state index contributed by atoms with van der Waals surface area (Å²) in [6.45, 7) is 16.4. The van der Waals surface area contributed by atoms with E-state index in [1.807, 2.05) is 13.8 Å². The third kappa shape index (κ3) is 3.44. The fraction of sp³-hybridized carbons (Fsp3) is 0.960. The third-order valence-corrected chi connectivity index (χ3v) is 9.48. The van der Waals surface area contributed by atoms with Gasteiger partial charge >= 0.3 is 5.97 Å². The fourth-order valence-corrected chi connectivity index (χ4v) is 7.35. The number of carbonyl (C=O) groups is 1. The Morgan fingerprint density at radius 2 is 1.64 bits per heavy atom. The predicted octanol–water partition coefficient (Wildman–Crippen LogP) is 5.84. The smallest absolute Gasteiger partial charge is 0.338 e. The predicted molar refractivity (Wildman–Crippen MR) is 114 cm³/mol. The van der Waals surface area contributed by atoms with Gasteiger partial charge in [0.1, 0.15) is 0 Å². The molecule has 1 N–H and O–H groups in total. The standard InChI is InChI=1S/C25H44O3/c1-16(2)15-28-22(26)25(27)13-10-18(4)21-14-19-9-8-17(3)20(23(19,5)6)11-12-24(21,25)7/h16-21,27H,8-15H2,1-7H3/t17-,18-,19+,20+,21-,24+,25?/m1/s1. The largest absolute Gasteiger partial charge is 0.463 e. The van der Waals surface area contributed by atoms with E-state index in [0.717, 1.165) is 31.6 Å². The second-order valence-electron chi connectivity index (χ2n) is 11.8. The fourth-order valence-electron chi connectivity index (χ4n) is 7.35. The Bertz CT molecular complexity index is 582. The normalized spacial score (nSPS) is 45.7. The SMILES string of the molecule is CC(C)COC(=O)C1(O)CC[C@@H](C)[C@H]2C[C@@H]3CC[C@@H](C)[C@H](CC[C@@]21C)C3(C)C. The molecule has 3 saturated carbocycles. The molecule has 3 aliphatic rings. The Morgan fingerprint density at radius 1 is 1.00 bits per heavy atom. The lowest BCUT2D eigenvalue weighted by Crippen LogP contribution is -2.62. The van der Waals surface area contributed by atoms with Crippen LogP contribution in [0.4, 0.5) is 0 Å². The number of fused-ring (bicyclic) bond motifs is 3. The lowest BCUT2D eigenvalue weighted by atomic mass is 9.45. The molecule has 28 heavy (non-hydrogen) atoms. The summed E-state index contributed by atoms with van der Waals surface area (Å²) in [6, 6.07) is 0. The van der Waals surface area contributed by atoms with Crippen molar-refractivity contribution >= 4 is 5.97 Å². The first-order valence-corrected chi connectivity index (χ1v) is 11.8. The van der Waals surface area contributed by atoms with Crippen LogP contribution in [0.3, 0.4) is 0 Å². The second kappa shape index (κ2) is 7.60. The van der Waals surface area contributed by atoms with Gasteiger partial charge < -0.3 is 9.84 Å². The maximum absolute atomic E-state index is 13.2. The summed E-state index contributed by atoms with van der Waals surface area (Å²) in [5.74, 6) is 2.96. The summed E-state index contributed by atoms with van der Waals surface area (Å²) in [5.41, 5.74) is -1.37. The van der Waals surface area contributed by atoms with Gasteiger partial charge in [0.2, 0.25) is 0 Å². The molecular formula is C25H44O3. The lowest BCUT2D eigenvalue weighted by Gasteiger charge is -2.60. The van der Waals surface area contributed by atoms with Gasteiger partial charge in [0.25, 0.3) is 0 Å². The van der Waals surface area contributed by atoms with Crippen molar-refractivity contribution in [3.05, 3.63) is 0 Å². The van der Waals surface area contributed by atoms with Gasteiger partial charge in [-0.3, -0.25) is 0 Å². The van der Waals surface area contributed by atoms with Crippen molar-refractivity contribution in [2.45, 2.75) is 99.0 Å². The molecule has 7 atom stereocenters. The van der Waals surface area contributed by atoms with Crippen LogP contribution in [0, 0.1) is 46.3 Å². The maximum Gasteiger partial charge on any atom is 0.338 e. The number of ether oxygens (including phenoxy) is 1. The number of aliphatic hydroxyl groups is 1. The monoisotopic (exact) mass is 392 g/mol. The molecule has 0 radical (unpaired) electrons. The van der Waals surface area contributed by atoms with Gasteiger partial charge in [-0.2, -0.15) is 0 Å². The van der Waals surface area contributed by atoms with E-state index in [1.54, 1.807) is 0 Å².